The van der Waals surface area contributed by atoms with Crippen molar-refractivity contribution in [3.63, 3.8) is 0 Å². The van der Waals surface area contributed by atoms with Crippen LogP contribution in [0.4, 0.5) is 0 Å². The SMILES string of the molecule is NC(Cc1c[nH]c2ccccc12)C(=O)NC(Cc1ccc(O)cc1)C(=O)NC(Cc1cnc[nH]1)C(=O)NC(Cc1ccc(O)cc1)C(=O)O. The number of aromatic nitrogens is 3. The lowest BCUT2D eigenvalue weighted by Gasteiger charge is -2.25. The Morgan fingerprint density at radius 3 is 1.84 bits per heavy atom. The number of hydrogen-bond donors (Lipinski definition) is 9. The van der Waals surface area contributed by atoms with E-state index in [0.717, 1.165) is 16.5 Å². The van der Waals surface area contributed by atoms with Crippen molar-refractivity contribution >= 4 is 34.6 Å². The van der Waals surface area contributed by atoms with E-state index in [4.69, 9.17) is 5.73 Å². The summed E-state index contributed by atoms with van der Waals surface area (Å²) in [6, 6.07) is 14.7. The van der Waals surface area contributed by atoms with Crippen molar-refractivity contribution in [1.29, 1.82) is 0 Å². The molecule has 0 aliphatic rings. The van der Waals surface area contributed by atoms with Gasteiger partial charge in [0.1, 0.15) is 29.6 Å². The van der Waals surface area contributed by atoms with E-state index in [2.05, 4.69) is 30.9 Å². The number of aromatic hydroxyl groups is 2. The second kappa shape index (κ2) is 15.6. The third-order valence-corrected chi connectivity index (χ3v) is 8.06. The fourth-order valence-electron chi connectivity index (χ4n) is 5.42. The number of imidazole rings is 1. The van der Waals surface area contributed by atoms with E-state index in [1.54, 1.807) is 30.5 Å². The van der Waals surface area contributed by atoms with E-state index < -0.39 is 47.9 Å². The molecule has 0 saturated carbocycles. The molecule has 0 spiro atoms. The van der Waals surface area contributed by atoms with Gasteiger partial charge in [-0.3, -0.25) is 14.4 Å². The second-order valence-corrected chi connectivity index (χ2v) is 11.7. The molecule has 2 heterocycles. The van der Waals surface area contributed by atoms with Crippen LogP contribution in [0.3, 0.4) is 0 Å². The number of fused-ring (bicyclic) bond motifs is 1. The Hall–Kier alpha value is -6.15. The molecule has 14 nitrogen and oxygen atoms in total. The number of hydrogen-bond acceptors (Lipinski definition) is 8. The number of phenols is 2. The molecule has 254 valence electrons. The first-order valence-electron chi connectivity index (χ1n) is 15.5. The van der Waals surface area contributed by atoms with Crippen LogP contribution in [0.1, 0.15) is 22.4 Å². The summed E-state index contributed by atoms with van der Waals surface area (Å²) in [5.74, 6) is -3.36. The molecule has 4 unspecified atom stereocenters. The number of rotatable bonds is 15. The van der Waals surface area contributed by atoms with Crippen LogP contribution in [0, 0.1) is 0 Å². The molecule has 49 heavy (non-hydrogen) atoms. The maximum absolute atomic E-state index is 13.9. The molecule has 4 atom stereocenters. The van der Waals surface area contributed by atoms with Crippen LogP contribution in [0.5, 0.6) is 11.5 Å². The minimum atomic E-state index is -1.35. The number of benzene rings is 3. The summed E-state index contributed by atoms with van der Waals surface area (Å²) in [6.45, 7) is 0. The van der Waals surface area contributed by atoms with Crippen LogP contribution in [0.15, 0.2) is 91.5 Å². The Morgan fingerprint density at radius 2 is 1.24 bits per heavy atom. The van der Waals surface area contributed by atoms with Gasteiger partial charge < -0.3 is 47.0 Å². The molecule has 0 bridgehead atoms. The number of nitrogens with zero attached hydrogens (tertiary/aromatic N) is 1. The molecule has 0 fully saturated rings. The van der Waals surface area contributed by atoms with Gasteiger partial charge in [-0.1, -0.05) is 42.5 Å². The maximum Gasteiger partial charge on any atom is 0.326 e. The minimum absolute atomic E-state index is 0.00530. The van der Waals surface area contributed by atoms with Crippen LogP contribution in [-0.4, -0.2) is 78.1 Å². The number of phenolic OH excluding ortho intramolecular Hbond substituents is 2. The molecule has 0 aliphatic heterocycles. The highest BCUT2D eigenvalue weighted by Crippen LogP contribution is 2.19. The summed E-state index contributed by atoms with van der Waals surface area (Å²) in [6.07, 6.45) is 4.68. The predicted molar refractivity (Wildman–Crippen MR) is 179 cm³/mol. The third kappa shape index (κ3) is 9.23. The standard InChI is InChI=1S/C35H37N7O7/c36-27(15-22-17-38-28-4-2-1-3-26(22)28)32(45)40-29(13-20-5-9-24(43)10-6-20)33(46)41-30(16-23-18-37-19-39-23)34(47)42-31(35(48)49)14-21-7-11-25(44)12-8-21/h1-12,17-19,27,29-31,38,43-44H,13-16,36H2,(H,37,39)(H,40,45)(H,41,46)(H,42,47)(H,48,49). The lowest BCUT2D eigenvalue weighted by Crippen LogP contribution is -2.58. The third-order valence-electron chi connectivity index (χ3n) is 8.06. The van der Waals surface area contributed by atoms with Gasteiger partial charge in [0.15, 0.2) is 0 Å². The Bertz CT molecular complexity index is 1890. The molecule has 2 aromatic heterocycles. The first kappa shape index (κ1) is 34.2. The molecule has 3 amide bonds. The normalized spacial score (nSPS) is 13.6. The molecule has 5 rings (SSSR count). The van der Waals surface area contributed by atoms with Crippen molar-refractivity contribution in [1.82, 2.24) is 30.9 Å². The molecule has 14 heteroatoms. The van der Waals surface area contributed by atoms with Crippen LogP contribution in [0.2, 0.25) is 0 Å². The number of carbonyl (C=O) groups excluding carboxylic acids is 3. The quantitative estimate of drug-likeness (QED) is 0.0784. The van der Waals surface area contributed by atoms with Gasteiger partial charge in [-0.2, -0.15) is 0 Å². The Balaban J connectivity index is 1.34. The number of carboxylic acid groups (broad SMARTS) is 1. The number of para-hydroxylation sites is 1. The topological polar surface area (TPSA) is 236 Å². The van der Waals surface area contributed by atoms with Gasteiger partial charge >= 0.3 is 5.97 Å². The number of nitrogens with one attached hydrogen (secondary N) is 5. The molecule has 5 aromatic rings. The van der Waals surface area contributed by atoms with E-state index in [0.29, 0.717) is 16.8 Å². The van der Waals surface area contributed by atoms with Crippen LogP contribution < -0.4 is 21.7 Å². The van der Waals surface area contributed by atoms with E-state index in [1.807, 2.05) is 24.3 Å². The maximum atomic E-state index is 13.9. The van der Waals surface area contributed by atoms with Crippen LogP contribution in [0.25, 0.3) is 10.9 Å². The lowest BCUT2D eigenvalue weighted by atomic mass is 10.0. The van der Waals surface area contributed by atoms with E-state index in [9.17, 15) is 34.5 Å². The zero-order chi connectivity index (χ0) is 34.9. The van der Waals surface area contributed by atoms with Gasteiger partial charge in [0.2, 0.25) is 17.7 Å². The zero-order valence-electron chi connectivity index (χ0n) is 26.3. The number of aliphatic carboxylic acids is 1. The summed E-state index contributed by atoms with van der Waals surface area (Å²) in [5.41, 5.74) is 9.70. The van der Waals surface area contributed by atoms with Gasteiger partial charge in [-0.15, -0.1) is 0 Å². The Labute approximate surface area is 280 Å². The molecule has 0 aliphatic carbocycles. The van der Waals surface area contributed by atoms with E-state index in [1.165, 1.54) is 36.8 Å². The van der Waals surface area contributed by atoms with Gasteiger partial charge in [-0.05, 0) is 53.4 Å². The summed E-state index contributed by atoms with van der Waals surface area (Å²) in [7, 11) is 0. The fraction of sp³-hybridized carbons (Fsp3) is 0.229. The number of carboxylic acids is 1. The largest absolute Gasteiger partial charge is 0.508 e. The number of H-pyrrole nitrogens is 2. The van der Waals surface area contributed by atoms with Crippen molar-refractivity contribution in [3.8, 4) is 11.5 Å². The number of nitrogens with two attached hydrogens (primary N) is 1. The highest BCUT2D eigenvalue weighted by molar-refractivity contribution is 5.94. The number of carbonyl (C=O) groups is 4. The van der Waals surface area contributed by atoms with Crippen molar-refractivity contribution < 1.29 is 34.5 Å². The van der Waals surface area contributed by atoms with Gasteiger partial charge in [0.25, 0.3) is 0 Å². The number of aromatic amines is 2. The van der Waals surface area contributed by atoms with Gasteiger partial charge in [0, 0.05) is 48.3 Å². The van der Waals surface area contributed by atoms with Crippen molar-refractivity contribution in [3.05, 3.63) is 114 Å². The minimum Gasteiger partial charge on any atom is -0.508 e. The average molecular weight is 668 g/mol. The second-order valence-electron chi connectivity index (χ2n) is 11.7. The first-order valence-corrected chi connectivity index (χ1v) is 15.5. The van der Waals surface area contributed by atoms with Crippen LogP contribution in [-0.2, 0) is 44.9 Å². The number of amides is 3. The molecule has 0 saturated heterocycles. The predicted octanol–water partition coefficient (Wildman–Crippen LogP) is 1.44. The Kier molecular flexibility index (Phi) is 10.9. The van der Waals surface area contributed by atoms with Crippen molar-refractivity contribution in [2.24, 2.45) is 5.73 Å². The zero-order valence-corrected chi connectivity index (χ0v) is 26.3. The highest BCUT2D eigenvalue weighted by Gasteiger charge is 2.31. The molecule has 10 N–H and O–H groups in total. The summed E-state index contributed by atoms with van der Waals surface area (Å²) >= 11 is 0. The first-order chi connectivity index (χ1) is 23.5. The average Bonchev–Trinajstić information content (AvgIpc) is 3.75. The molecular formula is C35H37N7O7. The molecular weight excluding hydrogens is 630 g/mol. The summed E-state index contributed by atoms with van der Waals surface area (Å²) < 4.78 is 0. The van der Waals surface area contributed by atoms with Gasteiger partial charge in [-0.25, -0.2) is 9.78 Å². The van der Waals surface area contributed by atoms with Gasteiger partial charge in [0.05, 0.1) is 12.4 Å². The van der Waals surface area contributed by atoms with Crippen molar-refractivity contribution in [2.45, 2.75) is 49.9 Å². The fourth-order valence-corrected chi connectivity index (χ4v) is 5.42. The van der Waals surface area contributed by atoms with Crippen LogP contribution >= 0.6 is 0 Å². The summed E-state index contributed by atoms with van der Waals surface area (Å²) in [4.78, 5) is 63.0. The van der Waals surface area contributed by atoms with Crippen molar-refractivity contribution in [2.75, 3.05) is 0 Å². The highest BCUT2D eigenvalue weighted by atomic mass is 16.4. The van der Waals surface area contributed by atoms with E-state index in [-0.39, 0.29) is 37.2 Å². The molecule has 0 radical (unpaired) electrons. The smallest absolute Gasteiger partial charge is 0.326 e. The summed E-state index contributed by atoms with van der Waals surface area (Å²) in [5, 5.41) is 38.0. The van der Waals surface area contributed by atoms with E-state index >= 15 is 0 Å². The monoisotopic (exact) mass is 667 g/mol. The lowest BCUT2D eigenvalue weighted by molar-refractivity contribution is -0.142. The Morgan fingerprint density at radius 1 is 0.694 bits per heavy atom. The molecule has 3 aromatic carbocycles.